The van der Waals surface area contributed by atoms with Gasteiger partial charge >= 0.3 is 0 Å². The maximum absolute atomic E-state index is 9.39. The van der Waals surface area contributed by atoms with Crippen LogP contribution in [0.2, 0.25) is 10.0 Å². The van der Waals surface area contributed by atoms with Crippen LogP contribution >= 0.6 is 34.5 Å². The highest BCUT2D eigenvalue weighted by Gasteiger charge is 2.11. The van der Waals surface area contributed by atoms with Gasteiger partial charge in [-0.2, -0.15) is 5.26 Å². The lowest BCUT2D eigenvalue weighted by Crippen LogP contribution is -1.90. The van der Waals surface area contributed by atoms with Crippen molar-refractivity contribution in [2.45, 2.75) is 0 Å². The molecule has 3 aromatic rings. The Labute approximate surface area is 153 Å². The number of rotatable bonds is 4. The molecule has 0 amide bonds. The number of benzene rings is 2. The van der Waals surface area contributed by atoms with E-state index in [0.717, 1.165) is 16.9 Å². The first-order chi connectivity index (χ1) is 11.7. The van der Waals surface area contributed by atoms with Crippen LogP contribution in [0.15, 0.2) is 60.1 Å². The van der Waals surface area contributed by atoms with Gasteiger partial charge in [0, 0.05) is 27.9 Å². The lowest BCUT2D eigenvalue weighted by atomic mass is 10.2. The molecule has 0 fully saturated rings. The number of anilines is 1. The van der Waals surface area contributed by atoms with Crippen molar-refractivity contribution in [3.63, 3.8) is 0 Å². The minimum atomic E-state index is 0.459. The third-order valence-corrected chi connectivity index (χ3v) is 4.64. The van der Waals surface area contributed by atoms with E-state index >= 15 is 0 Å². The van der Waals surface area contributed by atoms with E-state index in [1.165, 1.54) is 11.3 Å². The summed E-state index contributed by atoms with van der Waals surface area (Å²) in [6.45, 7) is 0. The van der Waals surface area contributed by atoms with E-state index in [9.17, 15) is 5.26 Å². The molecule has 0 unspecified atom stereocenters. The van der Waals surface area contributed by atoms with Crippen LogP contribution in [0.5, 0.6) is 0 Å². The maximum Gasteiger partial charge on any atom is 0.136 e. The van der Waals surface area contributed by atoms with E-state index in [-0.39, 0.29) is 0 Å². The van der Waals surface area contributed by atoms with Gasteiger partial charge in [0.2, 0.25) is 0 Å². The van der Waals surface area contributed by atoms with E-state index < -0.39 is 0 Å². The molecule has 0 aliphatic carbocycles. The van der Waals surface area contributed by atoms with Crippen LogP contribution in [-0.4, -0.2) is 4.98 Å². The first-order valence-corrected chi connectivity index (χ1v) is 8.64. The fraction of sp³-hybridized carbons (Fsp3) is 0. The summed E-state index contributed by atoms with van der Waals surface area (Å²) in [6, 6.07) is 17.1. The second-order valence-corrected chi connectivity index (χ2v) is 6.54. The van der Waals surface area contributed by atoms with Crippen LogP contribution in [0.1, 0.15) is 5.01 Å². The number of para-hydroxylation sites is 1. The predicted octanol–water partition coefficient (Wildman–Crippen LogP) is 6.09. The average molecular weight is 372 g/mol. The number of thiazole rings is 1. The Kier molecular flexibility index (Phi) is 5.17. The second-order valence-electron chi connectivity index (χ2n) is 4.84. The van der Waals surface area contributed by atoms with Gasteiger partial charge in [-0.1, -0.05) is 41.4 Å². The smallest absolute Gasteiger partial charge is 0.136 e. The van der Waals surface area contributed by atoms with Crippen molar-refractivity contribution in [2.24, 2.45) is 0 Å². The minimum absolute atomic E-state index is 0.459. The molecule has 1 heterocycles. The summed E-state index contributed by atoms with van der Waals surface area (Å²) in [5.41, 5.74) is 2.87. The molecule has 3 rings (SSSR count). The summed E-state index contributed by atoms with van der Waals surface area (Å²) in [7, 11) is 0. The highest BCUT2D eigenvalue weighted by Crippen LogP contribution is 2.32. The summed E-state index contributed by atoms with van der Waals surface area (Å²) >= 11 is 13.5. The van der Waals surface area contributed by atoms with Gasteiger partial charge in [-0.15, -0.1) is 11.3 Å². The number of hydrogen-bond donors (Lipinski definition) is 1. The molecule has 24 heavy (non-hydrogen) atoms. The molecular weight excluding hydrogens is 361 g/mol. The average Bonchev–Trinajstić information content (AvgIpc) is 3.06. The molecule has 118 valence electrons. The van der Waals surface area contributed by atoms with Crippen LogP contribution in [0.25, 0.3) is 16.8 Å². The lowest BCUT2D eigenvalue weighted by molar-refractivity contribution is 1.36. The van der Waals surface area contributed by atoms with Crippen molar-refractivity contribution in [3.05, 3.63) is 75.2 Å². The molecule has 0 bridgehead atoms. The Hall–Kier alpha value is -2.32. The quantitative estimate of drug-likeness (QED) is 0.564. The van der Waals surface area contributed by atoms with E-state index in [4.69, 9.17) is 23.2 Å². The predicted molar refractivity (Wildman–Crippen MR) is 101 cm³/mol. The van der Waals surface area contributed by atoms with Crippen molar-refractivity contribution < 1.29 is 0 Å². The highest BCUT2D eigenvalue weighted by molar-refractivity contribution is 7.11. The van der Waals surface area contributed by atoms with Gasteiger partial charge in [-0.3, -0.25) is 0 Å². The number of hydrogen-bond acceptors (Lipinski definition) is 4. The van der Waals surface area contributed by atoms with Gasteiger partial charge in [0.25, 0.3) is 0 Å². The Morgan fingerprint density at radius 3 is 2.67 bits per heavy atom. The zero-order valence-electron chi connectivity index (χ0n) is 12.3. The van der Waals surface area contributed by atoms with Crippen LogP contribution < -0.4 is 5.32 Å². The molecular formula is C18H11Cl2N3S. The molecule has 0 saturated heterocycles. The van der Waals surface area contributed by atoms with Crippen LogP contribution in [0.4, 0.5) is 5.69 Å². The number of aromatic nitrogens is 1. The third kappa shape index (κ3) is 3.77. The van der Waals surface area contributed by atoms with E-state index in [1.807, 2.05) is 41.8 Å². The van der Waals surface area contributed by atoms with Crippen LogP contribution in [0.3, 0.4) is 0 Å². The molecule has 6 heteroatoms. The standard InChI is InChI=1S/C18H11Cl2N3S/c19-13-6-7-15(16(20)8-13)17-11-24-18(23-17)12(9-21)10-22-14-4-2-1-3-5-14/h1-8,10-11,22H/b12-10-. The summed E-state index contributed by atoms with van der Waals surface area (Å²) < 4.78 is 0. The summed E-state index contributed by atoms with van der Waals surface area (Å²) in [5.74, 6) is 0. The van der Waals surface area contributed by atoms with Crippen molar-refractivity contribution in [1.29, 1.82) is 5.26 Å². The Bertz CT molecular complexity index is 927. The molecule has 0 aliphatic rings. The fourth-order valence-electron chi connectivity index (χ4n) is 2.05. The number of nitrogens with one attached hydrogen (secondary N) is 1. The normalized spacial score (nSPS) is 11.1. The van der Waals surface area contributed by atoms with Gasteiger partial charge in [0.05, 0.1) is 10.7 Å². The van der Waals surface area contributed by atoms with Crippen molar-refractivity contribution in [2.75, 3.05) is 5.32 Å². The zero-order chi connectivity index (χ0) is 16.9. The van der Waals surface area contributed by atoms with Gasteiger partial charge < -0.3 is 5.32 Å². The summed E-state index contributed by atoms with van der Waals surface area (Å²) in [6.07, 6.45) is 1.65. The second kappa shape index (κ2) is 7.50. The highest BCUT2D eigenvalue weighted by atomic mass is 35.5. The van der Waals surface area contributed by atoms with E-state index in [0.29, 0.717) is 20.6 Å². The topological polar surface area (TPSA) is 48.7 Å². The molecule has 0 radical (unpaired) electrons. The van der Waals surface area contributed by atoms with Crippen LogP contribution in [-0.2, 0) is 0 Å². The van der Waals surface area contributed by atoms with Crippen molar-refractivity contribution >= 4 is 45.8 Å². The van der Waals surface area contributed by atoms with Crippen molar-refractivity contribution in [1.82, 2.24) is 4.98 Å². The number of nitriles is 1. The van der Waals surface area contributed by atoms with Crippen LogP contribution in [0, 0.1) is 11.3 Å². The lowest BCUT2D eigenvalue weighted by Gasteiger charge is -2.01. The molecule has 3 nitrogen and oxygen atoms in total. The van der Waals surface area contributed by atoms with Gasteiger partial charge in [-0.25, -0.2) is 4.98 Å². The summed E-state index contributed by atoms with van der Waals surface area (Å²) in [5, 5.41) is 16.1. The van der Waals surface area contributed by atoms with Gasteiger partial charge in [-0.05, 0) is 30.3 Å². The minimum Gasteiger partial charge on any atom is -0.360 e. The largest absolute Gasteiger partial charge is 0.360 e. The Morgan fingerprint density at radius 1 is 1.17 bits per heavy atom. The van der Waals surface area contributed by atoms with E-state index in [2.05, 4.69) is 16.4 Å². The third-order valence-electron chi connectivity index (χ3n) is 3.22. The molecule has 0 saturated carbocycles. The number of halogens is 2. The molecule has 0 aliphatic heterocycles. The SMILES string of the molecule is N#C/C(=C/Nc1ccccc1)c1nc(-c2ccc(Cl)cc2Cl)cs1. The fourth-order valence-corrected chi connectivity index (χ4v) is 3.34. The molecule has 1 aromatic heterocycles. The molecule has 2 aromatic carbocycles. The van der Waals surface area contributed by atoms with E-state index in [1.54, 1.807) is 18.3 Å². The zero-order valence-corrected chi connectivity index (χ0v) is 14.7. The monoisotopic (exact) mass is 371 g/mol. The molecule has 0 atom stereocenters. The first-order valence-electron chi connectivity index (χ1n) is 7.00. The number of allylic oxidation sites excluding steroid dienone is 1. The van der Waals surface area contributed by atoms with Gasteiger partial charge in [0.1, 0.15) is 16.6 Å². The first kappa shape index (κ1) is 16.5. The Balaban J connectivity index is 1.87. The molecule has 1 N–H and O–H groups in total. The molecule has 0 spiro atoms. The number of nitrogens with zero attached hydrogens (tertiary/aromatic N) is 2. The van der Waals surface area contributed by atoms with Gasteiger partial charge in [0.15, 0.2) is 0 Å². The Morgan fingerprint density at radius 2 is 1.96 bits per heavy atom. The maximum atomic E-state index is 9.39. The van der Waals surface area contributed by atoms with Crippen molar-refractivity contribution in [3.8, 4) is 17.3 Å². The summed E-state index contributed by atoms with van der Waals surface area (Å²) in [4.78, 5) is 4.51.